The molecule has 1 atom stereocenters. The van der Waals surface area contributed by atoms with Crippen LogP contribution in [-0.4, -0.2) is 22.1 Å². The number of aryl methyl sites for hydroxylation is 2. The van der Waals surface area contributed by atoms with E-state index in [1.54, 1.807) is 13.2 Å². The van der Waals surface area contributed by atoms with Gasteiger partial charge in [0.1, 0.15) is 16.9 Å². The summed E-state index contributed by atoms with van der Waals surface area (Å²) in [6.45, 7) is 3.55. The summed E-state index contributed by atoms with van der Waals surface area (Å²) in [4.78, 5) is 37.6. The molecule has 0 spiro atoms. The van der Waals surface area contributed by atoms with Crippen molar-refractivity contribution in [2.75, 3.05) is 0 Å². The van der Waals surface area contributed by atoms with E-state index >= 15 is 0 Å². The maximum absolute atomic E-state index is 12.9. The molecule has 0 saturated carbocycles. The Labute approximate surface area is 210 Å². The zero-order chi connectivity index (χ0) is 26.3. The standard InChI is InChI=1S/C29H23NO7/c1-15-20-12-22-23(17-6-4-3-5-7-17)14-36-26(22)16(2)27(20)37-29(35)21(15)13-24(32)30-25(28(33)34)18-8-10-19(31)11-9-18/h3-12,14,25,31H,13H2,1-2H3,(H,30,32)(H,33,34). The highest BCUT2D eigenvalue weighted by Gasteiger charge is 2.25. The molecule has 0 bridgehead atoms. The van der Waals surface area contributed by atoms with Crippen molar-refractivity contribution in [3.05, 3.63) is 99.6 Å². The summed E-state index contributed by atoms with van der Waals surface area (Å²) in [5.41, 5.74) is 3.85. The number of phenolic OH excluding ortho intramolecular Hbond substituents is 1. The molecular weight excluding hydrogens is 474 g/mol. The molecule has 0 fully saturated rings. The summed E-state index contributed by atoms with van der Waals surface area (Å²) in [7, 11) is 0. The second-order valence-corrected chi connectivity index (χ2v) is 8.87. The van der Waals surface area contributed by atoms with Gasteiger partial charge in [0.05, 0.1) is 18.2 Å². The number of carboxylic acids is 1. The van der Waals surface area contributed by atoms with Crippen molar-refractivity contribution in [3.63, 3.8) is 0 Å². The molecule has 3 aromatic carbocycles. The number of aromatic hydroxyl groups is 1. The summed E-state index contributed by atoms with van der Waals surface area (Å²) >= 11 is 0. The van der Waals surface area contributed by atoms with Crippen LogP contribution in [0.1, 0.15) is 28.3 Å². The van der Waals surface area contributed by atoms with Crippen LogP contribution in [0.2, 0.25) is 0 Å². The first kappa shape index (κ1) is 23.9. The van der Waals surface area contributed by atoms with E-state index in [1.165, 1.54) is 24.3 Å². The quantitative estimate of drug-likeness (QED) is 0.281. The molecule has 3 N–H and O–H groups in total. The average Bonchev–Trinajstić information content (AvgIpc) is 3.31. The Morgan fingerprint density at radius 3 is 2.32 bits per heavy atom. The molecule has 2 aromatic heterocycles. The number of amides is 1. The van der Waals surface area contributed by atoms with Gasteiger partial charge in [-0.3, -0.25) is 4.79 Å². The lowest BCUT2D eigenvalue weighted by Crippen LogP contribution is -2.35. The number of aliphatic carboxylic acids is 1. The Morgan fingerprint density at radius 2 is 1.65 bits per heavy atom. The normalized spacial score (nSPS) is 12.1. The zero-order valence-corrected chi connectivity index (χ0v) is 20.1. The summed E-state index contributed by atoms with van der Waals surface area (Å²) in [5.74, 6) is -1.95. The van der Waals surface area contributed by atoms with Crippen molar-refractivity contribution in [3.8, 4) is 16.9 Å². The first-order chi connectivity index (χ1) is 17.7. The van der Waals surface area contributed by atoms with Crippen LogP contribution in [0.25, 0.3) is 33.1 Å². The van der Waals surface area contributed by atoms with Crippen molar-refractivity contribution in [2.45, 2.75) is 26.3 Å². The Morgan fingerprint density at radius 1 is 0.946 bits per heavy atom. The van der Waals surface area contributed by atoms with Gasteiger partial charge in [-0.15, -0.1) is 0 Å². The van der Waals surface area contributed by atoms with E-state index in [9.17, 15) is 24.6 Å². The van der Waals surface area contributed by atoms with Gasteiger partial charge in [-0.25, -0.2) is 9.59 Å². The van der Waals surface area contributed by atoms with Crippen molar-refractivity contribution >= 4 is 33.8 Å². The highest BCUT2D eigenvalue weighted by Crippen LogP contribution is 2.37. The number of rotatable bonds is 6. The SMILES string of the molecule is Cc1c(CC(=O)NC(C(=O)O)c2ccc(O)cc2)c(=O)oc2c(C)c3occ(-c4ccccc4)c3cc12. The number of furan rings is 1. The average molecular weight is 498 g/mol. The van der Waals surface area contributed by atoms with E-state index in [0.29, 0.717) is 27.7 Å². The van der Waals surface area contributed by atoms with Crippen LogP contribution >= 0.6 is 0 Å². The van der Waals surface area contributed by atoms with Crippen LogP contribution in [0, 0.1) is 13.8 Å². The smallest absolute Gasteiger partial charge is 0.340 e. The highest BCUT2D eigenvalue weighted by molar-refractivity contribution is 6.05. The summed E-state index contributed by atoms with van der Waals surface area (Å²) < 4.78 is 11.5. The number of carbonyl (C=O) groups excluding carboxylic acids is 1. The van der Waals surface area contributed by atoms with Gasteiger partial charge >= 0.3 is 11.6 Å². The van der Waals surface area contributed by atoms with Crippen molar-refractivity contribution in [1.29, 1.82) is 0 Å². The minimum absolute atomic E-state index is 0.0268. The fourth-order valence-electron chi connectivity index (χ4n) is 4.57. The van der Waals surface area contributed by atoms with Gasteiger partial charge in [-0.1, -0.05) is 42.5 Å². The molecule has 5 rings (SSSR count). The summed E-state index contributed by atoms with van der Waals surface area (Å²) in [5, 5.41) is 23.1. The van der Waals surface area contributed by atoms with E-state index < -0.39 is 23.5 Å². The first-order valence-corrected chi connectivity index (χ1v) is 11.6. The third-order valence-electron chi connectivity index (χ3n) is 6.54. The number of fused-ring (bicyclic) bond motifs is 2. The topological polar surface area (TPSA) is 130 Å². The first-order valence-electron chi connectivity index (χ1n) is 11.6. The molecule has 5 aromatic rings. The van der Waals surface area contributed by atoms with Gasteiger partial charge in [-0.2, -0.15) is 0 Å². The van der Waals surface area contributed by atoms with E-state index in [-0.39, 0.29) is 23.3 Å². The van der Waals surface area contributed by atoms with E-state index in [0.717, 1.165) is 16.5 Å². The highest BCUT2D eigenvalue weighted by atomic mass is 16.4. The number of hydrogen-bond donors (Lipinski definition) is 3. The zero-order valence-electron chi connectivity index (χ0n) is 20.1. The lowest BCUT2D eigenvalue weighted by molar-refractivity contribution is -0.142. The lowest BCUT2D eigenvalue weighted by Gasteiger charge is -2.16. The fraction of sp³-hybridized carbons (Fsp3) is 0.138. The van der Waals surface area contributed by atoms with E-state index in [1.807, 2.05) is 43.3 Å². The molecule has 8 heteroatoms. The van der Waals surface area contributed by atoms with Gasteiger partial charge in [0.2, 0.25) is 5.91 Å². The molecule has 186 valence electrons. The Balaban J connectivity index is 1.54. The van der Waals surface area contributed by atoms with Crippen molar-refractivity contribution < 1.29 is 28.6 Å². The number of carbonyl (C=O) groups is 2. The predicted octanol–water partition coefficient (Wildman–Crippen LogP) is 5.01. The Hall–Kier alpha value is -4.85. The van der Waals surface area contributed by atoms with Gasteiger partial charge < -0.3 is 24.4 Å². The van der Waals surface area contributed by atoms with Gasteiger partial charge in [0, 0.05) is 21.9 Å². The molecule has 37 heavy (non-hydrogen) atoms. The van der Waals surface area contributed by atoms with Gasteiger partial charge in [-0.05, 0) is 48.7 Å². The molecule has 0 aliphatic rings. The van der Waals surface area contributed by atoms with Crippen LogP contribution in [0.5, 0.6) is 5.75 Å². The maximum atomic E-state index is 12.9. The van der Waals surface area contributed by atoms with Gasteiger partial charge in [0.15, 0.2) is 6.04 Å². The third-order valence-corrected chi connectivity index (χ3v) is 6.54. The minimum atomic E-state index is -1.35. The maximum Gasteiger partial charge on any atom is 0.340 e. The van der Waals surface area contributed by atoms with Crippen LogP contribution in [0.15, 0.2) is 80.6 Å². The summed E-state index contributed by atoms with van der Waals surface area (Å²) in [6, 6.07) is 15.8. The number of hydrogen-bond acceptors (Lipinski definition) is 6. The van der Waals surface area contributed by atoms with Crippen LogP contribution in [0.3, 0.4) is 0 Å². The number of nitrogens with one attached hydrogen (secondary N) is 1. The van der Waals surface area contributed by atoms with Crippen LogP contribution in [0.4, 0.5) is 0 Å². The molecule has 1 amide bonds. The van der Waals surface area contributed by atoms with Crippen LogP contribution in [-0.2, 0) is 16.0 Å². The summed E-state index contributed by atoms with van der Waals surface area (Å²) in [6.07, 6.45) is 1.31. The fourth-order valence-corrected chi connectivity index (χ4v) is 4.57. The molecule has 1 unspecified atom stereocenters. The van der Waals surface area contributed by atoms with Crippen molar-refractivity contribution in [1.82, 2.24) is 5.32 Å². The molecule has 0 aliphatic carbocycles. The minimum Gasteiger partial charge on any atom is -0.508 e. The molecule has 2 heterocycles. The molecule has 0 radical (unpaired) electrons. The number of benzene rings is 3. The molecule has 8 nitrogen and oxygen atoms in total. The second kappa shape index (κ2) is 9.31. The predicted molar refractivity (Wildman–Crippen MR) is 137 cm³/mol. The molecular formula is C29H23NO7. The second-order valence-electron chi connectivity index (χ2n) is 8.87. The number of carboxylic acid groups (broad SMARTS) is 1. The Kier molecular flexibility index (Phi) is 6.01. The van der Waals surface area contributed by atoms with Gasteiger partial charge in [0.25, 0.3) is 0 Å². The van der Waals surface area contributed by atoms with Crippen molar-refractivity contribution in [2.24, 2.45) is 0 Å². The molecule has 0 saturated heterocycles. The molecule has 0 aliphatic heterocycles. The van der Waals surface area contributed by atoms with Crippen LogP contribution < -0.4 is 10.9 Å². The lowest BCUT2D eigenvalue weighted by atomic mass is 9.97. The van der Waals surface area contributed by atoms with E-state index in [4.69, 9.17) is 8.83 Å². The Bertz CT molecular complexity index is 1710. The number of phenols is 1. The third kappa shape index (κ3) is 4.33. The largest absolute Gasteiger partial charge is 0.508 e. The van der Waals surface area contributed by atoms with E-state index in [2.05, 4.69) is 5.32 Å². The monoisotopic (exact) mass is 497 g/mol.